The number of rotatable bonds is 1. The Kier molecular flexibility index (Phi) is 2.67. The van der Waals surface area contributed by atoms with E-state index in [0.29, 0.717) is 5.75 Å². The zero-order valence-corrected chi connectivity index (χ0v) is 10.3. The topological polar surface area (TPSA) is 37.4 Å². The molecule has 4 heteroatoms. The molecule has 1 saturated carbocycles. The van der Waals surface area contributed by atoms with Crippen LogP contribution in [0.5, 0.6) is 0 Å². The zero-order chi connectivity index (χ0) is 11.1. The van der Waals surface area contributed by atoms with Crippen LogP contribution in [0, 0.1) is 0 Å². The van der Waals surface area contributed by atoms with E-state index in [1.165, 1.54) is 12.0 Å². The second kappa shape index (κ2) is 3.59. The van der Waals surface area contributed by atoms with Crippen LogP contribution in [-0.2, 0) is 9.84 Å². The summed E-state index contributed by atoms with van der Waals surface area (Å²) in [7, 11) is 1.13. The van der Waals surface area contributed by atoms with E-state index >= 15 is 0 Å². The highest BCUT2D eigenvalue weighted by Gasteiger charge is 2.44. The van der Waals surface area contributed by atoms with E-state index in [0.717, 1.165) is 19.3 Å². The molecule has 1 unspecified atom stereocenters. The third-order valence-electron chi connectivity index (χ3n) is 3.78. The van der Waals surface area contributed by atoms with Crippen molar-refractivity contribution in [2.75, 3.05) is 25.6 Å². The van der Waals surface area contributed by atoms with Crippen molar-refractivity contribution in [3.8, 4) is 0 Å². The number of hydrogen-bond acceptors (Lipinski definition) is 3. The third-order valence-corrected chi connectivity index (χ3v) is 5.37. The van der Waals surface area contributed by atoms with Gasteiger partial charge in [0.2, 0.25) is 0 Å². The van der Waals surface area contributed by atoms with Gasteiger partial charge < -0.3 is 0 Å². The van der Waals surface area contributed by atoms with Gasteiger partial charge in [0, 0.05) is 0 Å². The van der Waals surface area contributed by atoms with Crippen molar-refractivity contribution in [1.82, 2.24) is 4.90 Å². The Hall–Kier alpha value is -0.350. The number of fused-ring (bicyclic) bond motifs is 1. The van der Waals surface area contributed by atoms with Gasteiger partial charge in [0.05, 0.1) is 17.0 Å². The quantitative estimate of drug-likeness (QED) is 0.634. The molecule has 3 nitrogen and oxygen atoms in total. The lowest BCUT2D eigenvalue weighted by molar-refractivity contribution is 0.176. The van der Waals surface area contributed by atoms with Crippen LogP contribution in [0.25, 0.3) is 0 Å². The lowest BCUT2D eigenvalue weighted by Crippen LogP contribution is -2.54. The van der Waals surface area contributed by atoms with Gasteiger partial charge in [0.25, 0.3) is 0 Å². The minimum atomic E-state index is -2.87. The van der Waals surface area contributed by atoms with Crippen LogP contribution in [0.1, 0.15) is 25.7 Å². The maximum absolute atomic E-state index is 11.7. The molecule has 15 heavy (non-hydrogen) atoms. The van der Waals surface area contributed by atoms with Gasteiger partial charge in [-0.05, 0) is 33.4 Å². The standard InChI is InChI=1S/C11H19NO2S/c1-12(2)11-7-4-3-5-10(11)6-8-15(13,14)9-11/h6H,3-5,7-9H2,1-2H3. The molecular weight excluding hydrogens is 210 g/mol. The average molecular weight is 229 g/mol. The number of nitrogens with zero attached hydrogens (tertiary/aromatic N) is 1. The molecule has 0 N–H and O–H groups in total. The van der Waals surface area contributed by atoms with E-state index in [-0.39, 0.29) is 11.3 Å². The molecule has 1 aliphatic heterocycles. The predicted octanol–water partition coefficient (Wildman–Crippen LogP) is 1.22. The van der Waals surface area contributed by atoms with E-state index in [9.17, 15) is 8.42 Å². The SMILES string of the molecule is CN(C)C12CCCCC1=CCS(=O)(=O)C2. The van der Waals surface area contributed by atoms with Crippen LogP contribution in [0.3, 0.4) is 0 Å². The first-order chi connectivity index (χ1) is 6.96. The maximum atomic E-state index is 11.7. The molecule has 0 aromatic carbocycles. The Bertz CT molecular complexity index is 383. The van der Waals surface area contributed by atoms with Crippen LogP contribution in [0.4, 0.5) is 0 Å². The fourth-order valence-corrected chi connectivity index (χ4v) is 4.76. The molecule has 0 amide bonds. The summed E-state index contributed by atoms with van der Waals surface area (Å²) in [5.41, 5.74) is 1.17. The molecular formula is C11H19NO2S. The van der Waals surface area contributed by atoms with Gasteiger partial charge in [-0.1, -0.05) is 18.1 Å². The number of hydrogen-bond donors (Lipinski definition) is 0. The highest BCUT2D eigenvalue weighted by molar-refractivity contribution is 7.91. The first kappa shape index (κ1) is 11.1. The predicted molar refractivity (Wildman–Crippen MR) is 61.6 cm³/mol. The van der Waals surface area contributed by atoms with Gasteiger partial charge in [-0.15, -0.1) is 0 Å². The average Bonchev–Trinajstić information content (AvgIpc) is 2.15. The molecule has 1 heterocycles. The minimum absolute atomic E-state index is 0.185. The summed E-state index contributed by atoms with van der Waals surface area (Å²) in [6.07, 6.45) is 6.38. The second-order valence-electron chi connectivity index (χ2n) is 4.92. The molecule has 1 atom stereocenters. The summed E-state index contributed by atoms with van der Waals surface area (Å²) in [5.74, 6) is 0.566. The molecule has 1 fully saturated rings. The zero-order valence-electron chi connectivity index (χ0n) is 9.49. The molecule has 0 spiro atoms. The Morgan fingerprint density at radius 1 is 1.33 bits per heavy atom. The van der Waals surface area contributed by atoms with Gasteiger partial charge in [0.1, 0.15) is 0 Å². The number of sulfone groups is 1. The highest BCUT2D eigenvalue weighted by atomic mass is 32.2. The van der Waals surface area contributed by atoms with Crippen molar-refractivity contribution >= 4 is 9.84 Å². The Labute approximate surface area is 92.1 Å². The maximum Gasteiger partial charge on any atom is 0.156 e. The van der Waals surface area contributed by atoms with Gasteiger partial charge >= 0.3 is 0 Å². The van der Waals surface area contributed by atoms with Crippen LogP contribution < -0.4 is 0 Å². The molecule has 0 saturated heterocycles. The van der Waals surface area contributed by atoms with Crippen molar-refractivity contribution in [1.29, 1.82) is 0 Å². The van der Waals surface area contributed by atoms with Gasteiger partial charge in [-0.3, -0.25) is 4.90 Å². The molecule has 2 rings (SSSR count). The van der Waals surface area contributed by atoms with E-state index in [1.54, 1.807) is 0 Å². The van der Waals surface area contributed by atoms with E-state index in [2.05, 4.69) is 4.90 Å². The summed E-state index contributed by atoms with van der Waals surface area (Å²) in [5, 5.41) is 0. The molecule has 1 aliphatic carbocycles. The molecule has 0 bridgehead atoms. The van der Waals surface area contributed by atoms with Crippen LogP contribution in [0.15, 0.2) is 11.6 Å². The Balaban J connectivity index is 2.44. The monoisotopic (exact) mass is 229 g/mol. The second-order valence-corrected chi connectivity index (χ2v) is 7.03. The minimum Gasteiger partial charge on any atom is -0.299 e. The Morgan fingerprint density at radius 2 is 2.07 bits per heavy atom. The van der Waals surface area contributed by atoms with E-state index in [4.69, 9.17) is 0 Å². The molecule has 0 radical (unpaired) electrons. The fraction of sp³-hybridized carbons (Fsp3) is 0.818. The smallest absolute Gasteiger partial charge is 0.156 e. The van der Waals surface area contributed by atoms with Crippen LogP contribution >= 0.6 is 0 Å². The van der Waals surface area contributed by atoms with Crippen molar-refractivity contribution < 1.29 is 8.42 Å². The molecule has 0 aromatic heterocycles. The molecule has 86 valence electrons. The summed E-state index contributed by atoms with van der Waals surface area (Å²) in [6, 6.07) is 0. The fourth-order valence-electron chi connectivity index (χ4n) is 2.87. The van der Waals surface area contributed by atoms with Crippen LogP contribution in [-0.4, -0.2) is 44.5 Å². The Morgan fingerprint density at radius 3 is 2.73 bits per heavy atom. The number of likely N-dealkylation sites (N-methyl/N-ethyl adjacent to an activating group) is 1. The highest BCUT2D eigenvalue weighted by Crippen LogP contribution is 2.40. The van der Waals surface area contributed by atoms with Gasteiger partial charge in [0.15, 0.2) is 9.84 Å². The third kappa shape index (κ3) is 1.85. The summed E-state index contributed by atoms with van der Waals surface area (Å²) in [4.78, 5) is 2.11. The normalized spacial score (nSPS) is 34.7. The van der Waals surface area contributed by atoms with Gasteiger partial charge in [-0.2, -0.15) is 0 Å². The summed E-state index contributed by atoms with van der Waals surface area (Å²) >= 11 is 0. The van der Waals surface area contributed by atoms with Crippen molar-refractivity contribution in [3.05, 3.63) is 11.6 Å². The first-order valence-electron chi connectivity index (χ1n) is 5.54. The molecule has 2 aliphatic rings. The van der Waals surface area contributed by atoms with Crippen LogP contribution in [0.2, 0.25) is 0 Å². The van der Waals surface area contributed by atoms with Crippen molar-refractivity contribution in [3.63, 3.8) is 0 Å². The lowest BCUT2D eigenvalue weighted by Gasteiger charge is -2.46. The largest absolute Gasteiger partial charge is 0.299 e. The molecule has 0 aromatic rings. The van der Waals surface area contributed by atoms with E-state index in [1.807, 2.05) is 20.2 Å². The van der Waals surface area contributed by atoms with Gasteiger partial charge in [-0.25, -0.2) is 8.42 Å². The van der Waals surface area contributed by atoms with Crippen molar-refractivity contribution in [2.45, 2.75) is 31.2 Å². The van der Waals surface area contributed by atoms with E-state index < -0.39 is 9.84 Å². The summed E-state index contributed by atoms with van der Waals surface area (Å²) < 4.78 is 23.5. The first-order valence-corrected chi connectivity index (χ1v) is 7.36. The summed E-state index contributed by atoms with van der Waals surface area (Å²) in [6.45, 7) is 0. The van der Waals surface area contributed by atoms with Crippen molar-refractivity contribution in [2.24, 2.45) is 0 Å². The lowest BCUT2D eigenvalue weighted by atomic mass is 9.77.